The largest absolute Gasteiger partial charge is 0.335 e. The van der Waals surface area contributed by atoms with Crippen LogP contribution >= 0.6 is 0 Å². The summed E-state index contributed by atoms with van der Waals surface area (Å²) in [6.45, 7) is 5.97. The Morgan fingerprint density at radius 2 is 1.88 bits per heavy atom. The quantitative estimate of drug-likeness (QED) is 0.866. The lowest BCUT2D eigenvalue weighted by Crippen LogP contribution is -2.48. The van der Waals surface area contributed by atoms with Crippen LogP contribution < -0.4 is 0 Å². The summed E-state index contributed by atoms with van der Waals surface area (Å²) in [6, 6.07) is 10.3. The van der Waals surface area contributed by atoms with Crippen molar-refractivity contribution in [3.8, 4) is 0 Å². The van der Waals surface area contributed by atoms with Crippen LogP contribution in [0.15, 0.2) is 48.8 Å². The van der Waals surface area contributed by atoms with E-state index in [-0.39, 0.29) is 5.91 Å². The molecule has 1 aliphatic heterocycles. The molecule has 0 spiro atoms. The minimum absolute atomic E-state index is 0.0225. The Hall–Kier alpha value is -2.53. The van der Waals surface area contributed by atoms with Crippen LogP contribution in [0.4, 0.5) is 0 Å². The maximum Gasteiger partial charge on any atom is 0.274 e. The Labute approximate surface area is 142 Å². The molecule has 1 aromatic heterocycles. The molecule has 0 radical (unpaired) electrons. The van der Waals surface area contributed by atoms with Crippen LogP contribution in [0.2, 0.25) is 0 Å². The zero-order valence-electron chi connectivity index (χ0n) is 13.9. The predicted molar refractivity (Wildman–Crippen MR) is 94.6 cm³/mol. The highest BCUT2D eigenvalue weighted by atomic mass is 16.2. The van der Waals surface area contributed by atoms with Gasteiger partial charge in [0.1, 0.15) is 5.69 Å². The van der Waals surface area contributed by atoms with Crippen LogP contribution in [-0.2, 0) is 0 Å². The molecule has 5 nitrogen and oxygen atoms in total. The van der Waals surface area contributed by atoms with Crippen molar-refractivity contribution in [1.82, 2.24) is 19.8 Å². The first-order valence-electron chi connectivity index (χ1n) is 8.24. The molecule has 5 heteroatoms. The predicted octanol–water partition coefficient (Wildman–Crippen LogP) is 2.26. The molecule has 0 aliphatic carbocycles. The standard InChI is InChI=1S/C19H22N4O/c1-16-14-20-15-18(21-16)19(24)23-12-10-22(11-13-23)9-5-8-17-6-3-2-4-7-17/h2-8,14-15H,9-13H2,1H3. The Kier molecular flexibility index (Phi) is 5.33. The van der Waals surface area contributed by atoms with Gasteiger partial charge in [-0.3, -0.25) is 14.7 Å². The number of rotatable bonds is 4. The number of carbonyl (C=O) groups excluding carboxylic acids is 1. The number of carbonyl (C=O) groups is 1. The summed E-state index contributed by atoms with van der Waals surface area (Å²) in [6.07, 6.45) is 7.52. The maximum atomic E-state index is 12.4. The highest BCUT2D eigenvalue weighted by molar-refractivity contribution is 5.92. The van der Waals surface area contributed by atoms with Crippen LogP contribution in [-0.4, -0.2) is 58.4 Å². The van der Waals surface area contributed by atoms with E-state index in [1.807, 2.05) is 30.0 Å². The number of hydrogen-bond acceptors (Lipinski definition) is 4. The molecule has 0 saturated carbocycles. The third-order valence-electron chi connectivity index (χ3n) is 4.11. The maximum absolute atomic E-state index is 12.4. The Balaban J connectivity index is 1.49. The molecular weight excluding hydrogens is 300 g/mol. The van der Waals surface area contributed by atoms with Gasteiger partial charge >= 0.3 is 0 Å². The number of aromatic nitrogens is 2. The van der Waals surface area contributed by atoms with Crippen molar-refractivity contribution >= 4 is 12.0 Å². The normalized spacial score (nSPS) is 15.8. The van der Waals surface area contributed by atoms with Gasteiger partial charge in [-0.25, -0.2) is 4.98 Å². The van der Waals surface area contributed by atoms with Crippen molar-refractivity contribution < 1.29 is 4.79 Å². The molecule has 0 N–H and O–H groups in total. The minimum Gasteiger partial charge on any atom is -0.335 e. The van der Waals surface area contributed by atoms with Crippen molar-refractivity contribution in [2.24, 2.45) is 0 Å². The van der Waals surface area contributed by atoms with E-state index in [1.54, 1.807) is 12.4 Å². The molecule has 24 heavy (non-hydrogen) atoms. The number of piperazine rings is 1. The molecule has 1 saturated heterocycles. The van der Waals surface area contributed by atoms with Crippen LogP contribution in [0.3, 0.4) is 0 Å². The zero-order chi connectivity index (χ0) is 16.8. The van der Waals surface area contributed by atoms with Gasteiger partial charge in [0.2, 0.25) is 0 Å². The summed E-state index contributed by atoms with van der Waals surface area (Å²) in [7, 11) is 0. The first kappa shape index (κ1) is 16.3. The lowest BCUT2D eigenvalue weighted by molar-refractivity contribution is 0.0643. The second kappa shape index (κ2) is 7.84. The molecule has 3 rings (SSSR count). The second-order valence-electron chi connectivity index (χ2n) is 5.95. The van der Waals surface area contributed by atoms with E-state index in [1.165, 1.54) is 5.56 Å². The number of benzene rings is 1. The van der Waals surface area contributed by atoms with Gasteiger partial charge in [-0.05, 0) is 12.5 Å². The first-order chi connectivity index (χ1) is 11.7. The summed E-state index contributed by atoms with van der Waals surface area (Å²) < 4.78 is 0. The van der Waals surface area contributed by atoms with E-state index in [9.17, 15) is 4.79 Å². The minimum atomic E-state index is -0.0225. The van der Waals surface area contributed by atoms with Gasteiger partial charge in [-0.15, -0.1) is 0 Å². The van der Waals surface area contributed by atoms with Gasteiger partial charge in [0.15, 0.2) is 0 Å². The molecule has 1 aliphatic rings. The van der Waals surface area contributed by atoms with E-state index in [0.29, 0.717) is 5.69 Å². The average Bonchev–Trinajstić information content (AvgIpc) is 2.63. The van der Waals surface area contributed by atoms with Crippen molar-refractivity contribution in [1.29, 1.82) is 0 Å². The van der Waals surface area contributed by atoms with Crippen molar-refractivity contribution in [3.63, 3.8) is 0 Å². The lowest BCUT2D eigenvalue weighted by Gasteiger charge is -2.33. The van der Waals surface area contributed by atoms with E-state index in [2.05, 4.69) is 39.2 Å². The molecule has 124 valence electrons. The fourth-order valence-corrected chi connectivity index (χ4v) is 2.76. The molecule has 0 atom stereocenters. The third-order valence-corrected chi connectivity index (χ3v) is 4.11. The van der Waals surface area contributed by atoms with Gasteiger partial charge < -0.3 is 4.90 Å². The fourth-order valence-electron chi connectivity index (χ4n) is 2.76. The van der Waals surface area contributed by atoms with Crippen LogP contribution in [0.1, 0.15) is 21.7 Å². The van der Waals surface area contributed by atoms with Crippen molar-refractivity contribution in [3.05, 3.63) is 65.8 Å². The molecule has 2 aromatic rings. The van der Waals surface area contributed by atoms with Gasteiger partial charge in [0, 0.05) is 38.9 Å². The summed E-state index contributed by atoms with van der Waals surface area (Å²) in [5.41, 5.74) is 2.42. The average molecular weight is 322 g/mol. The highest BCUT2D eigenvalue weighted by Crippen LogP contribution is 2.08. The van der Waals surface area contributed by atoms with E-state index in [4.69, 9.17) is 0 Å². The monoisotopic (exact) mass is 322 g/mol. The third kappa shape index (κ3) is 4.26. The van der Waals surface area contributed by atoms with Crippen LogP contribution in [0.25, 0.3) is 6.08 Å². The molecule has 1 fully saturated rings. The molecule has 0 bridgehead atoms. The summed E-state index contributed by atoms with van der Waals surface area (Å²) in [5.74, 6) is -0.0225. The topological polar surface area (TPSA) is 49.3 Å². The van der Waals surface area contributed by atoms with Crippen LogP contribution in [0, 0.1) is 6.92 Å². The highest BCUT2D eigenvalue weighted by Gasteiger charge is 2.22. The Morgan fingerprint density at radius 1 is 1.12 bits per heavy atom. The number of amides is 1. The molecule has 1 amide bonds. The molecule has 1 aromatic carbocycles. The van der Waals surface area contributed by atoms with Gasteiger partial charge in [-0.2, -0.15) is 0 Å². The fraction of sp³-hybridized carbons (Fsp3) is 0.316. The van der Waals surface area contributed by atoms with E-state index in [0.717, 1.165) is 38.4 Å². The lowest BCUT2D eigenvalue weighted by atomic mass is 10.2. The number of aryl methyl sites for hydroxylation is 1. The first-order valence-corrected chi connectivity index (χ1v) is 8.24. The smallest absolute Gasteiger partial charge is 0.274 e. The van der Waals surface area contributed by atoms with Crippen LogP contribution in [0.5, 0.6) is 0 Å². The van der Waals surface area contributed by atoms with E-state index < -0.39 is 0 Å². The van der Waals surface area contributed by atoms with E-state index >= 15 is 0 Å². The summed E-state index contributed by atoms with van der Waals surface area (Å²) in [4.78, 5) is 25.0. The second-order valence-corrected chi connectivity index (χ2v) is 5.95. The number of hydrogen-bond donors (Lipinski definition) is 0. The molecular formula is C19H22N4O. The van der Waals surface area contributed by atoms with Gasteiger partial charge in [0.05, 0.1) is 11.9 Å². The van der Waals surface area contributed by atoms with Gasteiger partial charge in [-0.1, -0.05) is 42.5 Å². The van der Waals surface area contributed by atoms with Crippen molar-refractivity contribution in [2.75, 3.05) is 32.7 Å². The SMILES string of the molecule is Cc1cncc(C(=O)N2CCN(CC=Cc3ccccc3)CC2)n1. The Morgan fingerprint density at radius 3 is 2.58 bits per heavy atom. The molecule has 2 heterocycles. The molecule has 0 unspecified atom stereocenters. The van der Waals surface area contributed by atoms with Gasteiger partial charge in [0.25, 0.3) is 5.91 Å². The Bertz CT molecular complexity index is 706. The number of nitrogens with zero attached hydrogens (tertiary/aromatic N) is 4. The van der Waals surface area contributed by atoms with Crippen molar-refractivity contribution in [2.45, 2.75) is 6.92 Å². The summed E-state index contributed by atoms with van der Waals surface area (Å²) in [5, 5.41) is 0. The zero-order valence-corrected chi connectivity index (χ0v) is 13.9. The summed E-state index contributed by atoms with van der Waals surface area (Å²) >= 11 is 0.